The van der Waals surface area contributed by atoms with Gasteiger partial charge in [-0.1, -0.05) is 25.3 Å². The van der Waals surface area contributed by atoms with Gasteiger partial charge in [0.2, 0.25) is 0 Å². The monoisotopic (exact) mass is 247 g/mol. The number of aliphatic hydroxyl groups is 1. The first kappa shape index (κ1) is 14.6. The molecule has 3 nitrogen and oxygen atoms in total. The van der Waals surface area contributed by atoms with Gasteiger partial charge in [0.1, 0.15) is 0 Å². The molecular formula is C15H21NO2. The molecule has 0 fully saturated rings. The van der Waals surface area contributed by atoms with Gasteiger partial charge < -0.3 is 15.2 Å². The van der Waals surface area contributed by atoms with Gasteiger partial charge in [0.15, 0.2) is 0 Å². The van der Waals surface area contributed by atoms with Gasteiger partial charge in [-0.2, -0.15) is 0 Å². The molecule has 0 spiro atoms. The number of ether oxygens (including phenoxy) is 1. The van der Waals surface area contributed by atoms with Crippen LogP contribution >= 0.6 is 0 Å². The third-order valence-corrected chi connectivity index (χ3v) is 2.52. The molecule has 0 saturated heterocycles. The highest BCUT2D eigenvalue weighted by Gasteiger charge is 2.03. The van der Waals surface area contributed by atoms with Crippen molar-refractivity contribution in [3.63, 3.8) is 0 Å². The molecule has 2 N–H and O–H groups in total. The quantitative estimate of drug-likeness (QED) is 0.547. The zero-order valence-corrected chi connectivity index (χ0v) is 10.9. The fourth-order valence-corrected chi connectivity index (χ4v) is 1.48. The minimum absolute atomic E-state index is 0.363. The van der Waals surface area contributed by atoms with Crippen LogP contribution in [0.2, 0.25) is 0 Å². The van der Waals surface area contributed by atoms with Crippen LogP contribution in [0.4, 0.5) is 5.69 Å². The normalized spacial score (nSPS) is 11.8. The summed E-state index contributed by atoms with van der Waals surface area (Å²) in [6.07, 6.45) is 6.95. The number of rotatable bonds is 8. The van der Waals surface area contributed by atoms with Crippen molar-refractivity contribution in [2.45, 2.75) is 25.9 Å². The lowest BCUT2D eigenvalue weighted by molar-refractivity contribution is 0.0422. The Kier molecular flexibility index (Phi) is 6.93. The van der Waals surface area contributed by atoms with E-state index in [1.165, 1.54) is 0 Å². The van der Waals surface area contributed by atoms with Gasteiger partial charge in [0.05, 0.1) is 12.7 Å². The Morgan fingerprint density at radius 3 is 3.06 bits per heavy atom. The van der Waals surface area contributed by atoms with E-state index in [-0.39, 0.29) is 0 Å². The zero-order chi connectivity index (χ0) is 13.2. The van der Waals surface area contributed by atoms with Crippen LogP contribution in [-0.4, -0.2) is 31.0 Å². The largest absolute Gasteiger partial charge is 0.389 e. The lowest BCUT2D eigenvalue weighted by atomic mass is 10.2. The van der Waals surface area contributed by atoms with Crippen molar-refractivity contribution >= 4 is 5.69 Å². The van der Waals surface area contributed by atoms with Crippen molar-refractivity contribution in [1.29, 1.82) is 0 Å². The molecule has 1 aromatic rings. The molecule has 18 heavy (non-hydrogen) atoms. The van der Waals surface area contributed by atoms with Crippen LogP contribution in [0.3, 0.4) is 0 Å². The second-order valence-electron chi connectivity index (χ2n) is 4.19. The minimum Gasteiger partial charge on any atom is -0.389 e. The van der Waals surface area contributed by atoms with Gasteiger partial charge in [-0.25, -0.2) is 0 Å². The summed E-state index contributed by atoms with van der Waals surface area (Å²) in [6, 6.07) is 7.56. The third kappa shape index (κ3) is 5.72. The number of aliphatic hydroxyl groups excluding tert-OH is 1. The van der Waals surface area contributed by atoms with Crippen LogP contribution in [0.15, 0.2) is 24.3 Å². The summed E-state index contributed by atoms with van der Waals surface area (Å²) in [5, 5.41) is 12.8. The molecule has 1 atom stereocenters. The summed E-state index contributed by atoms with van der Waals surface area (Å²) in [4.78, 5) is 0. The van der Waals surface area contributed by atoms with Crippen LogP contribution in [0.5, 0.6) is 0 Å². The molecule has 1 rings (SSSR count). The van der Waals surface area contributed by atoms with Crippen LogP contribution in [0, 0.1) is 12.3 Å². The van der Waals surface area contributed by atoms with E-state index < -0.39 is 6.10 Å². The number of benzene rings is 1. The molecule has 0 aliphatic carbocycles. The van der Waals surface area contributed by atoms with Crippen molar-refractivity contribution in [3.8, 4) is 12.3 Å². The Morgan fingerprint density at radius 2 is 2.33 bits per heavy atom. The maximum atomic E-state index is 9.71. The maximum Gasteiger partial charge on any atom is 0.0945 e. The number of unbranched alkanes of at least 4 members (excludes halogenated alkanes) is 1. The molecule has 0 radical (unpaired) electrons. The lowest BCUT2D eigenvalue weighted by Gasteiger charge is -2.13. The second-order valence-corrected chi connectivity index (χ2v) is 4.19. The van der Waals surface area contributed by atoms with Gasteiger partial charge >= 0.3 is 0 Å². The predicted molar refractivity (Wildman–Crippen MR) is 74.6 cm³/mol. The molecule has 98 valence electrons. The van der Waals surface area contributed by atoms with Gasteiger partial charge in [-0.3, -0.25) is 0 Å². The molecular weight excluding hydrogens is 226 g/mol. The number of hydrogen-bond acceptors (Lipinski definition) is 3. The van der Waals surface area contributed by atoms with Crippen molar-refractivity contribution in [2.75, 3.05) is 25.1 Å². The third-order valence-electron chi connectivity index (χ3n) is 2.52. The molecule has 0 amide bonds. The maximum absolute atomic E-state index is 9.71. The van der Waals surface area contributed by atoms with Crippen LogP contribution in [0.1, 0.15) is 25.3 Å². The highest BCUT2D eigenvalue weighted by molar-refractivity contribution is 5.49. The predicted octanol–water partition coefficient (Wildman–Crippen LogP) is 2.26. The molecule has 0 bridgehead atoms. The summed E-state index contributed by atoms with van der Waals surface area (Å²) < 4.78 is 5.35. The summed E-state index contributed by atoms with van der Waals surface area (Å²) in [5.41, 5.74) is 1.74. The summed E-state index contributed by atoms with van der Waals surface area (Å²) in [6.45, 7) is 3.64. The smallest absolute Gasteiger partial charge is 0.0945 e. The Labute approximate surface area is 109 Å². The van der Waals surface area contributed by atoms with Gasteiger partial charge in [0, 0.05) is 24.4 Å². The van der Waals surface area contributed by atoms with E-state index >= 15 is 0 Å². The molecule has 0 aliphatic heterocycles. The van der Waals surface area contributed by atoms with Gasteiger partial charge in [-0.05, 0) is 24.6 Å². The second kappa shape index (κ2) is 8.57. The first-order valence-electron chi connectivity index (χ1n) is 6.32. The van der Waals surface area contributed by atoms with E-state index in [1.807, 2.05) is 24.3 Å². The number of nitrogens with one attached hydrogen (secondary N) is 1. The van der Waals surface area contributed by atoms with Crippen LogP contribution in [-0.2, 0) is 4.74 Å². The van der Waals surface area contributed by atoms with Crippen molar-refractivity contribution < 1.29 is 9.84 Å². The van der Waals surface area contributed by atoms with E-state index in [9.17, 15) is 5.11 Å². The summed E-state index contributed by atoms with van der Waals surface area (Å²) >= 11 is 0. The van der Waals surface area contributed by atoms with Crippen molar-refractivity contribution in [2.24, 2.45) is 0 Å². The van der Waals surface area contributed by atoms with Gasteiger partial charge in [0.25, 0.3) is 0 Å². The summed E-state index contributed by atoms with van der Waals surface area (Å²) in [7, 11) is 0. The van der Waals surface area contributed by atoms with Crippen molar-refractivity contribution in [3.05, 3.63) is 29.8 Å². The highest BCUT2D eigenvalue weighted by atomic mass is 16.5. The van der Waals surface area contributed by atoms with E-state index in [0.717, 1.165) is 24.1 Å². The number of anilines is 1. The fourth-order valence-electron chi connectivity index (χ4n) is 1.48. The van der Waals surface area contributed by atoms with Crippen LogP contribution < -0.4 is 5.32 Å². The molecule has 0 aliphatic rings. The molecule has 1 unspecified atom stereocenters. The molecule has 3 heteroatoms. The summed E-state index contributed by atoms with van der Waals surface area (Å²) in [5.74, 6) is 2.58. The molecule has 0 saturated carbocycles. The SMILES string of the molecule is C#Cc1cccc(NCC(O)COCCCC)c1. The van der Waals surface area contributed by atoms with E-state index in [1.54, 1.807) is 0 Å². The number of hydrogen-bond donors (Lipinski definition) is 2. The minimum atomic E-state index is -0.503. The Balaban J connectivity index is 2.25. The molecule has 0 heterocycles. The number of terminal acetylenes is 1. The standard InChI is InChI=1S/C15H21NO2/c1-3-5-9-18-12-15(17)11-16-14-8-6-7-13(4-2)10-14/h2,6-8,10,15-17H,3,5,9,11-12H2,1H3. The van der Waals surface area contributed by atoms with E-state index in [2.05, 4.69) is 18.2 Å². The van der Waals surface area contributed by atoms with E-state index in [4.69, 9.17) is 11.2 Å². The average Bonchev–Trinajstić information content (AvgIpc) is 2.41. The Morgan fingerprint density at radius 1 is 1.50 bits per heavy atom. The van der Waals surface area contributed by atoms with Crippen molar-refractivity contribution in [1.82, 2.24) is 0 Å². The fraction of sp³-hybridized carbons (Fsp3) is 0.467. The zero-order valence-electron chi connectivity index (χ0n) is 10.9. The lowest BCUT2D eigenvalue weighted by Crippen LogP contribution is -2.25. The molecule has 0 aromatic heterocycles. The first-order chi connectivity index (χ1) is 8.76. The van der Waals surface area contributed by atoms with E-state index in [0.29, 0.717) is 19.8 Å². The first-order valence-corrected chi connectivity index (χ1v) is 6.32. The van der Waals surface area contributed by atoms with Gasteiger partial charge in [-0.15, -0.1) is 6.42 Å². The Bertz CT molecular complexity index is 384. The Hall–Kier alpha value is -1.50. The highest BCUT2D eigenvalue weighted by Crippen LogP contribution is 2.09. The molecule has 1 aromatic carbocycles. The average molecular weight is 247 g/mol. The topological polar surface area (TPSA) is 41.5 Å². The van der Waals surface area contributed by atoms with Crippen LogP contribution in [0.25, 0.3) is 0 Å².